The maximum atomic E-state index is 14.5. The van der Waals surface area contributed by atoms with Crippen LogP contribution < -0.4 is 34.2 Å². The van der Waals surface area contributed by atoms with Gasteiger partial charge in [0.15, 0.2) is 17.4 Å². The zero-order chi connectivity index (χ0) is 34.7. The van der Waals surface area contributed by atoms with Gasteiger partial charge < -0.3 is 34.2 Å². The Balaban J connectivity index is 1.23. The number of pyridine rings is 1. The number of hydrogen-bond acceptors (Lipinski definition) is 9. The van der Waals surface area contributed by atoms with Gasteiger partial charge in [-0.3, -0.25) is 9.78 Å². The van der Waals surface area contributed by atoms with E-state index in [1.807, 2.05) is 5.94 Å². The number of fused-ring (bicyclic) bond motifs is 1. The largest absolute Gasteiger partial charge is 0.493 e. The maximum Gasteiger partial charge on any atom is 0.418 e. The van der Waals surface area contributed by atoms with Crippen molar-refractivity contribution in [2.75, 3.05) is 55.1 Å². The highest BCUT2D eigenvalue weighted by Crippen LogP contribution is 2.42. The molecule has 0 atom stereocenters. The van der Waals surface area contributed by atoms with Gasteiger partial charge >= 0.3 is 6.18 Å². The second-order valence-electron chi connectivity index (χ2n) is 11.7. The van der Waals surface area contributed by atoms with Gasteiger partial charge in [0.25, 0.3) is 0 Å². The summed E-state index contributed by atoms with van der Waals surface area (Å²) in [4.78, 5) is 33.5. The van der Waals surface area contributed by atoms with Crippen LogP contribution in [0.3, 0.4) is 0 Å². The highest BCUT2D eigenvalue weighted by Gasteiger charge is 2.38. The van der Waals surface area contributed by atoms with E-state index in [1.165, 1.54) is 6.07 Å². The Hall–Kier alpha value is -5.42. The number of nitrogens with one attached hydrogen (secondary N) is 1. The number of ether oxygens (including phenoxy) is 3. The molecule has 1 aromatic heterocycles. The summed E-state index contributed by atoms with van der Waals surface area (Å²) in [7, 11) is 3.09. The lowest BCUT2D eigenvalue weighted by Crippen LogP contribution is -2.45. The van der Waals surface area contributed by atoms with Crippen LogP contribution in [-0.4, -0.2) is 63.3 Å². The van der Waals surface area contributed by atoms with Crippen LogP contribution in [0.2, 0.25) is 0 Å². The second-order valence-corrected chi connectivity index (χ2v) is 11.7. The van der Waals surface area contributed by atoms with Crippen molar-refractivity contribution in [2.24, 2.45) is 0 Å². The zero-order valence-electron chi connectivity index (χ0n) is 27.3. The van der Waals surface area contributed by atoms with Crippen LogP contribution in [0.15, 0.2) is 72.7 Å². The Bertz CT molecular complexity index is 1900. The van der Waals surface area contributed by atoms with Crippen molar-refractivity contribution < 1.29 is 37.0 Å². The lowest BCUT2D eigenvalue weighted by atomic mass is 10.0. The monoisotopic (exact) mass is 675 g/mol. The molecule has 0 aliphatic carbocycles. The Morgan fingerprint density at radius 3 is 2.27 bits per heavy atom. The molecule has 13 heteroatoms. The van der Waals surface area contributed by atoms with Crippen LogP contribution in [0.4, 0.5) is 30.2 Å². The highest BCUT2D eigenvalue weighted by molar-refractivity contribution is 5.88. The highest BCUT2D eigenvalue weighted by atomic mass is 19.4. The van der Waals surface area contributed by atoms with E-state index in [-0.39, 0.29) is 35.7 Å². The number of carbonyl (C=O) groups excluding carboxylic acids is 2. The second kappa shape index (κ2) is 14.0. The topological polar surface area (TPSA) is 96.5 Å². The fourth-order valence-electron chi connectivity index (χ4n) is 6.34. The van der Waals surface area contributed by atoms with E-state index in [4.69, 9.17) is 14.2 Å². The van der Waals surface area contributed by atoms with Crippen LogP contribution >= 0.6 is 0 Å². The number of hydrogen-bond donors (Lipinski definition) is 1. The molecule has 3 heterocycles. The number of nitrogens with zero attached hydrogens (tertiary/aromatic N) is 4. The molecule has 2 aliphatic heterocycles. The first-order valence-corrected chi connectivity index (χ1v) is 16.0. The van der Waals surface area contributed by atoms with Gasteiger partial charge in [0.05, 0.1) is 25.3 Å². The first-order valence-electron chi connectivity index (χ1n) is 16.0. The first kappa shape index (κ1) is 33.5. The number of benzene rings is 3. The lowest BCUT2D eigenvalue weighted by Gasteiger charge is -2.35. The van der Waals surface area contributed by atoms with Crippen molar-refractivity contribution in [1.29, 1.82) is 0 Å². The van der Waals surface area contributed by atoms with E-state index in [9.17, 15) is 22.8 Å². The first-order chi connectivity index (χ1) is 23.6. The molecule has 49 heavy (non-hydrogen) atoms. The summed E-state index contributed by atoms with van der Waals surface area (Å²) < 4.78 is 60.5. The van der Waals surface area contributed by atoms with Gasteiger partial charge in [0.2, 0.25) is 11.7 Å². The van der Waals surface area contributed by atoms with Gasteiger partial charge in [0.1, 0.15) is 11.5 Å². The van der Waals surface area contributed by atoms with E-state index in [1.54, 1.807) is 90.6 Å². The fraction of sp³-hybridized carbons (Fsp3) is 0.333. The summed E-state index contributed by atoms with van der Waals surface area (Å²) in [5.74, 6) is 4.03. The summed E-state index contributed by atoms with van der Waals surface area (Å²) in [6.07, 6.45) is -1.55. The standard InChI is InChI=1S/C36H36F3N5O5/c1-4-34(46)41-23-11-14-42(15-12-23)30-9-8-25(19-28(30)36(37,38)39)44-17-16-43(35(44)22-45)24-6-5-7-26(18-24)49-31-10-13-40-29-21-33(48-3)32(47-2)20-27(29)31/h5-10,13,18-21,23H,4,11-12,14-17H2,1-3H3,(H,41,46). The van der Waals surface area contributed by atoms with E-state index in [2.05, 4.69) is 10.3 Å². The number of halogens is 3. The summed E-state index contributed by atoms with van der Waals surface area (Å²) in [5.41, 5.74) is 0.790. The molecule has 0 spiro atoms. The molecular formula is C36H36F3N5O5. The normalized spacial score (nSPS) is 15.4. The molecule has 1 N–H and O–H groups in total. The van der Waals surface area contributed by atoms with Crippen molar-refractivity contribution >= 4 is 39.8 Å². The summed E-state index contributed by atoms with van der Waals surface area (Å²) in [6.45, 7) is 3.13. The van der Waals surface area contributed by atoms with E-state index >= 15 is 0 Å². The molecule has 4 aromatic rings. The molecule has 10 nitrogen and oxygen atoms in total. The summed E-state index contributed by atoms with van der Waals surface area (Å²) >= 11 is 0. The zero-order valence-corrected chi connectivity index (χ0v) is 27.3. The predicted molar refractivity (Wildman–Crippen MR) is 180 cm³/mol. The van der Waals surface area contributed by atoms with Crippen molar-refractivity contribution in [3.8, 4) is 23.0 Å². The Morgan fingerprint density at radius 2 is 1.61 bits per heavy atom. The summed E-state index contributed by atoms with van der Waals surface area (Å²) in [5, 5.41) is 3.63. The Kier molecular flexibility index (Phi) is 9.55. The minimum Gasteiger partial charge on any atom is -0.493 e. The number of piperidine rings is 1. The molecule has 0 bridgehead atoms. The van der Waals surface area contributed by atoms with Gasteiger partial charge in [-0.25, -0.2) is 4.79 Å². The molecule has 6 rings (SSSR count). The summed E-state index contributed by atoms with van der Waals surface area (Å²) in [6, 6.07) is 16.5. The van der Waals surface area contributed by atoms with Gasteiger partial charge in [-0.05, 0) is 55.3 Å². The van der Waals surface area contributed by atoms with Gasteiger partial charge in [-0.2, -0.15) is 13.2 Å². The molecule has 1 amide bonds. The lowest BCUT2D eigenvalue weighted by molar-refractivity contribution is -0.137. The molecule has 256 valence electrons. The van der Waals surface area contributed by atoms with Gasteiger partial charge in [-0.1, -0.05) is 13.0 Å². The quantitative estimate of drug-likeness (QED) is 0.198. The number of anilines is 3. The molecule has 3 aromatic carbocycles. The third kappa shape index (κ3) is 6.93. The molecule has 0 saturated carbocycles. The minimum absolute atomic E-state index is 0.0613. The van der Waals surface area contributed by atoms with Crippen LogP contribution in [0, 0.1) is 0 Å². The van der Waals surface area contributed by atoms with Gasteiger partial charge in [-0.15, -0.1) is 0 Å². The SMILES string of the molecule is CCC(=O)NC1CCN(c2ccc(N3CCN(c4cccc(Oc5ccnc6cc(OC)c(OC)cc56)c4)C3=C=O)cc2C(F)(F)F)CC1. The van der Waals surface area contributed by atoms with E-state index in [0.717, 1.165) is 6.07 Å². The number of rotatable bonds is 9. The van der Waals surface area contributed by atoms with Crippen LogP contribution in [-0.2, 0) is 15.8 Å². The van der Waals surface area contributed by atoms with Crippen molar-refractivity contribution in [3.05, 3.63) is 78.2 Å². The predicted octanol–water partition coefficient (Wildman–Crippen LogP) is 6.56. The molecular weight excluding hydrogens is 639 g/mol. The van der Waals surface area contributed by atoms with Crippen molar-refractivity contribution in [1.82, 2.24) is 10.3 Å². The van der Waals surface area contributed by atoms with Crippen LogP contribution in [0.5, 0.6) is 23.0 Å². The molecule has 2 fully saturated rings. The third-order valence-corrected chi connectivity index (χ3v) is 8.83. The average molecular weight is 676 g/mol. The van der Waals surface area contributed by atoms with Crippen LogP contribution in [0.1, 0.15) is 31.7 Å². The smallest absolute Gasteiger partial charge is 0.418 e. The molecule has 2 aliphatic rings. The van der Waals surface area contributed by atoms with Crippen molar-refractivity contribution in [2.45, 2.75) is 38.4 Å². The molecule has 2 saturated heterocycles. The third-order valence-electron chi connectivity index (χ3n) is 8.83. The maximum absolute atomic E-state index is 14.5. The molecule has 0 radical (unpaired) electrons. The Morgan fingerprint density at radius 1 is 0.918 bits per heavy atom. The number of amides is 1. The number of aromatic nitrogens is 1. The number of alkyl halides is 3. The fourth-order valence-corrected chi connectivity index (χ4v) is 6.34. The Labute approximate surface area is 281 Å². The average Bonchev–Trinajstić information content (AvgIpc) is 3.55. The van der Waals surface area contributed by atoms with Gasteiger partial charge in [0, 0.05) is 79.4 Å². The van der Waals surface area contributed by atoms with E-state index in [0.29, 0.717) is 78.5 Å². The van der Waals surface area contributed by atoms with Crippen LogP contribution in [0.25, 0.3) is 10.9 Å². The van der Waals surface area contributed by atoms with Crippen molar-refractivity contribution in [3.63, 3.8) is 0 Å². The number of methoxy groups -OCH3 is 2. The number of carbonyl (C=O) groups is 1. The molecule has 0 unspecified atom stereocenters. The van der Waals surface area contributed by atoms with E-state index < -0.39 is 11.7 Å². The minimum atomic E-state index is -4.62.